The first kappa shape index (κ1) is 12.9. The lowest BCUT2D eigenvalue weighted by Gasteiger charge is -2.18. The van der Waals surface area contributed by atoms with E-state index in [-0.39, 0.29) is 0 Å². The lowest BCUT2D eigenvalue weighted by Crippen LogP contribution is -2.29. The molecule has 0 spiro atoms. The van der Waals surface area contributed by atoms with Gasteiger partial charge in [0, 0.05) is 18.8 Å². The average molecular weight is 280 g/mol. The Balaban J connectivity index is 1.91. The van der Waals surface area contributed by atoms with Crippen molar-refractivity contribution in [1.82, 2.24) is 4.31 Å². The highest BCUT2D eigenvalue weighted by Crippen LogP contribution is 2.39. The van der Waals surface area contributed by atoms with Crippen molar-refractivity contribution in [1.29, 1.82) is 0 Å². The van der Waals surface area contributed by atoms with Crippen LogP contribution >= 0.6 is 0 Å². The largest absolute Gasteiger partial charge is 0.399 e. The van der Waals surface area contributed by atoms with E-state index in [4.69, 9.17) is 5.73 Å². The minimum Gasteiger partial charge on any atom is -0.399 e. The van der Waals surface area contributed by atoms with E-state index in [0.29, 0.717) is 35.5 Å². The second-order valence-corrected chi connectivity index (χ2v) is 7.79. The zero-order chi connectivity index (χ0) is 13.6. The van der Waals surface area contributed by atoms with Gasteiger partial charge in [0.2, 0.25) is 10.0 Å². The predicted molar refractivity (Wildman–Crippen MR) is 75.2 cm³/mol. The number of hydrogen-bond donors (Lipinski definition) is 1. The Morgan fingerprint density at radius 3 is 2.37 bits per heavy atom. The van der Waals surface area contributed by atoms with Gasteiger partial charge in [-0.1, -0.05) is 6.42 Å². The molecule has 1 aromatic carbocycles. The third kappa shape index (κ3) is 2.25. The molecule has 0 radical (unpaired) electrons. The molecule has 5 heteroatoms. The molecule has 19 heavy (non-hydrogen) atoms. The van der Waals surface area contributed by atoms with Gasteiger partial charge in [-0.2, -0.15) is 4.31 Å². The number of hydrogen-bond acceptors (Lipinski definition) is 3. The number of rotatable bonds is 2. The minimum absolute atomic E-state index is 0.338. The fraction of sp³-hybridized carbons (Fsp3) is 0.571. The minimum atomic E-state index is -3.37. The molecule has 0 aromatic heterocycles. The van der Waals surface area contributed by atoms with E-state index < -0.39 is 10.0 Å². The maximum Gasteiger partial charge on any atom is 0.243 e. The fourth-order valence-electron chi connectivity index (χ4n) is 3.46. The van der Waals surface area contributed by atoms with Crippen LogP contribution in [0.3, 0.4) is 0 Å². The van der Waals surface area contributed by atoms with Crippen molar-refractivity contribution in [2.75, 3.05) is 18.8 Å². The molecule has 104 valence electrons. The molecular formula is C14H20N2O2S. The van der Waals surface area contributed by atoms with Crippen LogP contribution in [0.5, 0.6) is 0 Å². The van der Waals surface area contributed by atoms with Crippen molar-refractivity contribution in [3.05, 3.63) is 23.8 Å². The molecule has 1 aliphatic carbocycles. The summed E-state index contributed by atoms with van der Waals surface area (Å²) in [5.74, 6) is 1.13. The van der Waals surface area contributed by atoms with E-state index in [9.17, 15) is 8.42 Å². The second-order valence-electron chi connectivity index (χ2n) is 5.85. The molecule has 1 aliphatic heterocycles. The van der Waals surface area contributed by atoms with Gasteiger partial charge in [0.25, 0.3) is 0 Å². The van der Waals surface area contributed by atoms with Gasteiger partial charge in [0.05, 0.1) is 4.90 Å². The lowest BCUT2D eigenvalue weighted by molar-refractivity contribution is 0.445. The monoisotopic (exact) mass is 280 g/mol. The van der Waals surface area contributed by atoms with Crippen molar-refractivity contribution < 1.29 is 8.42 Å². The molecule has 2 aliphatic rings. The number of fused-ring (bicyclic) bond motifs is 1. The molecule has 1 aromatic rings. The molecule has 2 fully saturated rings. The van der Waals surface area contributed by atoms with Crippen molar-refractivity contribution in [2.45, 2.75) is 31.1 Å². The van der Waals surface area contributed by atoms with Gasteiger partial charge in [-0.15, -0.1) is 0 Å². The summed E-state index contributed by atoms with van der Waals surface area (Å²) in [6, 6.07) is 5.06. The predicted octanol–water partition coefficient (Wildman–Crippen LogP) is 2.00. The van der Waals surface area contributed by atoms with Crippen LogP contribution in [0.25, 0.3) is 0 Å². The van der Waals surface area contributed by atoms with E-state index in [1.165, 1.54) is 19.3 Å². The zero-order valence-electron chi connectivity index (χ0n) is 11.2. The van der Waals surface area contributed by atoms with Crippen LogP contribution in [0.4, 0.5) is 5.69 Å². The van der Waals surface area contributed by atoms with Gasteiger partial charge in [0.1, 0.15) is 0 Å². The van der Waals surface area contributed by atoms with Crippen LogP contribution in [0.15, 0.2) is 23.1 Å². The molecule has 1 heterocycles. The van der Waals surface area contributed by atoms with E-state index in [0.717, 1.165) is 5.56 Å². The van der Waals surface area contributed by atoms with Crippen LogP contribution in [-0.2, 0) is 10.0 Å². The van der Waals surface area contributed by atoms with E-state index in [1.54, 1.807) is 22.5 Å². The Morgan fingerprint density at radius 1 is 1.16 bits per heavy atom. The number of nitrogen functional groups attached to an aromatic ring is 1. The summed E-state index contributed by atoms with van der Waals surface area (Å²) >= 11 is 0. The molecule has 0 bridgehead atoms. The molecular weight excluding hydrogens is 260 g/mol. The highest BCUT2D eigenvalue weighted by molar-refractivity contribution is 7.89. The Bertz CT molecular complexity index is 565. The Hall–Kier alpha value is -1.07. The number of nitrogens with two attached hydrogens (primary N) is 1. The number of sulfonamides is 1. The molecule has 0 amide bonds. The number of anilines is 1. The highest BCUT2D eigenvalue weighted by atomic mass is 32.2. The van der Waals surface area contributed by atoms with Gasteiger partial charge < -0.3 is 5.73 Å². The van der Waals surface area contributed by atoms with Crippen LogP contribution in [-0.4, -0.2) is 25.8 Å². The first-order valence-electron chi connectivity index (χ1n) is 6.84. The second kappa shape index (κ2) is 4.49. The summed E-state index contributed by atoms with van der Waals surface area (Å²) in [6.07, 6.45) is 3.60. The van der Waals surface area contributed by atoms with E-state index in [2.05, 4.69) is 0 Å². The summed E-state index contributed by atoms with van der Waals surface area (Å²) in [4.78, 5) is 0.338. The van der Waals surface area contributed by atoms with Gasteiger partial charge >= 0.3 is 0 Å². The summed E-state index contributed by atoms with van der Waals surface area (Å²) in [5, 5.41) is 0. The fourth-order valence-corrected chi connectivity index (χ4v) is 5.16. The molecule has 4 nitrogen and oxygen atoms in total. The number of aryl methyl sites for hydroxylation is 1. The third-order valence-electron chi connectivity index (χ3n) is 4.40. The maximum atomic E-state index is 12.6. The summed E-state index contributed by atoms with van der Waals surface area (Å²) < 4.78 is 26.9. The quantitative estimate of drug-likeness (QED) is 0.843. The number of nitrogens with zero attached hydrogens (tertiary/aromatic N) is 1. The summed E-state index contributed by atoms with van der Waals surface area (Å²) in [6.45, 7) is 3.23. The van der Waals surface area contributed by atoms with Crippen molar-refractivity contribution >= 4 is 15.7 Å². The zero-order valence-corrected chi connectivity index (χ0v) is 12.0. The standard InChI is InChI=1S/C14H20N2O2S/c1-10-5-13(15)7-14(6-10)19(17,18)16-8-11-3-2-4-12(11)9-16/h5-7,11-12H,2-4,8-9,15H2,1H3. The summed E-state index contributed by atoms with van der Waals surface area (Å²) in [7, 11) is -3.37. The normalized spacial score (nSPS) is 27.6. The van der Waals surface area contributed by atoms with Gasteiger partial charge in [-0.3, -0.25) is 0 Å². The molecule has 2 N–H and O–H groups in total. The van der Waals surface area contributed by atoms with Crippen LogP contribution in [0.1, 0.15) is 24.8 Å². The molecule has 1 saturated carbocycles. The van der Waals surface area contributed by atoms with Gasteiger partial charge in [-0.05, 0) is 55.4 Å². The van der Waals surface area contributed by atoms with Crippen molar-refractivity contribution in [3.63, 3.8) is 0 Å². The topological polar surface area (TPSA) is 63.4 Å². The Morgan fingerprint density at radius 2 is 1.79 bits per heavy atom. The lowest BCUT2D eigenvalue weighted by atomic mass is 10.0. The third-order valence-corrected chi connectivity index (χ3v) is 6.21. The van der Waals surface area contributed by atoms with Crippen molar-refractivity contribution in [3.8, 4) is 0 Å². The first-order valence-corrected chi connectivity index (χ1v) is 8.28. The Labute approximate surface area is 114 Å². The van der Waals surface area contributed by atoms with Crippen LogP contribution in [0.2, 0.25) is 0 Å². The van der Waals surface area contributed by atoms with Gasteiger partial charge in [-0.25, -0.2) is 8.42 Å². The first-order chi connectivity index (χ1) is 8.96. The van der Waals surface area contributed by atoms with Crippen LogP contribution in [0, 0.1) is 18.8 Å². The van der Waals surface area contributed by atoms with E-state index in [1.807, 2.05) is 6.92 Å². The number of benzene rings is 1. The Kier molecular flexibility index (Phi) is 3.06. The van der Waals surface area contributed by atoms with Crippen LogP contribution < -0.4 is 5.73 Å². The average Bonchev–Trinajstić information content (AvgIpc) is 2.87. The SMILES string of the molecule is Cc1cc(N)cc(S(=O)(=O)N2CC3CCCC3C2)c1. The smallest absolute Gasteiger partial charge is 0.243 e. The highest BCUT2D eigenvalue weighted by Gasteiger charge is 2.41. The molecule has 1 saturated heterocycles. The maximum absolute atomic E-state index is 12.6. The molecule has 2 atom stereocenters. The molecule has 3 rings (SSSR count). The molecule has 2 unspecified atom stereocenters. The van der Waals surface area contributed by atoms with Crippen molar-refractivity contribution in [2.24, 2.45) is 11.8 Å². The van der Waals surface area contributed by atoms with Gasteiger partial charge in [0.15, 0.2) is 0 Å². The van der Waals surface area contributed by atoms with E-state index >= 15 is 0 Å². The summed E-state index contributed by atoms with van der Waals surface area (Å²) in [5.41, 5.74) is 7.16.